The highest BCUT2D eigenvalue weighted by atomic mass is 35.5. The van der Waals surface area contributed by atoms with Gasteiger partial charge in [-0.05, 0) is 51.5 Å². The summed E-state index contributed by atoms with van der Waals surface area (Å²) in [6.07, 6.45) is 2.65. The van der Waals surface area contributed by atoms with Crippen LogP contribution in [-0.4, -0.2) is 115 Å². The average Bonchev–Trinajstić information content (AvgIpc) is 3.52. The monoisotopic (exact) mass is 819 g/mol. The Balaban J connectivity index is 0.00000641. The smallest absolute Gasteiger partial charge is 0.255 e. The number of nitrogens with one attached hydrogen (secondary N) is 4. The number of ether oxygens (including phenoxy) is 2. The van der Waals surface area contributed by atoms with Gasteiger partial charge in [0.1, 0.15) is 29.3 Å². The fraction of sp³-hybridized carbons (Fsp3) is 0.450. The summed E-state index contributed by atoms with van der Waals surface area (Å²) in [7, 11) is 3.28. The Kier molecular flexibility index (Phi) is 14.4. The molecule has 1 saturated heterocycles. The minimum atomic E-state index is -0.732. The van der Waals surface area contributed by atoms with Gasteiger partial charge in [0.05, 0.1) is 26.5 Å². The molecule has 3 aliphatic heterocycles. The molecule has 0 saturated carbocycles. The minimum absolute atomic E-state index is 0. The van der Waals surface area contributed by atoms with Crippen molar-refractivity contribution < 1.29 is 38.2 Å². The Morgan fingerprint density at radius 3 is 2.57 bits per heavy atom. The van der Waals surface area contributed by atoms with Crippen molar-refractivity contribution in [2.75, 3.05) is 62.1 Å². The molecule has 6 rings (SSSR count). The van der Waals surface area contributed by atoms with Gasteiger partial charge in [0.2, 0.25) is 23.6 Å². The van der Waals surface area contributed by atoms with Crippen LogP contribution >= 0.6 is 12.4 Å². The standard InChI is InChI=1S/C40H49N9O8.ClH/c1-23(2)49-24(3)39(54)47(4)31-21-43-33(45-36(31)49)20-25-9-10-26(19-32(25)56-5)37(52)42-16-18-57-17-15-41-14-13-35(51)44-29-8-6-7-27-28(29)22-48(40(27)55)30-11-12-34(50)46-38(30)53;/h6-10,19,21,23-24,30,41H,11-18,20,22H2,1-5H3,(H,42,52)(H,44,51)(H,46,50,53);1H/t24-,30?;/m1./s1. The number of imide groups is 1. The van der Waals surface area contributed by atoms with Crippen LogP contribution in [0.2, 0.25) is 0 Å². The first kappa shape index (κ1) is 43.5. The summed E-state index contributed by atoms with van der Waals surface area (Å²) < 4.78 is 11.3. The summed E-state index contributed by atoms with van der Waals surface area (Å²) in [5.41, 5.74) is 3.49. The number of likely N-dealkylation sites (N-methyl/N-ethyl adjacent to an activating group) is 1. The molecule has 3 aliphatic rings. The fourth-order valence-electron chi connectivity index (χ4n) is 7.34. The molecule has 17 nitrogen and oxygen atoms in total. The van der Waals surface area contributed by atoms with E-state index in [1.165, 1.54) is 4.90 Å². The summed E-state index contributed by atoms with van der Waals surface area (Å²) in [5.74, 6) is 0.136. The number of anilines is 3. The van der Waals surface area contributed by atoms with Gasteiger partial charge in [-0.3, -0.25) is 34.1 Å². The summed E-state index contributed by atoms with van der Waals surface area (Å²) in [6.45, 7) is 7.93. The van der Waals surface area contributed by atoms with E-state index in [2.05, 4.69) is 26.3 Å². The summed E-state index contributed by atoms with van der Waals surface area (Å²) in [5, 5.41) is 11.2. The molecule has 3 aromatic rings. The van der Waals surface area contributed by atoms with Crippen LogP contribution in [0.5, 0.6) is 5.75 Å². The van der Waals surface area contributed by atoms with Gasteiger partial charge in [0, 0.05) is 86.5 Å². The number of benzene rings is 2. The maximum atomic E-state index is 13.0. The van der Waals surface area contributed by atoms with Gasteiger partial charge in [-0.1, -0.05) is 12.1 Å². The Labute approximate surface area is 343 Å². The highest BCUT2D eigenvalue weighted by Crippen LogP contribution is 2.35. The predicted octanol–water partition coefficient (Wildman–Crippen LogP) is 2.20. The highest BCUT2D eigenvalue weighted by Gasteiger charge is 2.40. The van der Waals surface area contributed by atoms with Crippen LogP contribution < -0.4 is 35.8 Å². The van der Waals surface area contributed by atoms with Crippen LogP contribution in [0.3, 0.4) is 0 Å². The lowest BCUT2D eigenvalue weighted by atomic mass is 10.0. The molecule has 0 radical (unpaired) electrons. The van der Waals surface area contributed by atoms with Crippen molar-refractivity contribution in [1.29, 1.82) is 0 Å². The van der Waals surface area contributed by atoms with Crippen LogP contribution in [0.25, 0.3) is 0 Å². The number of halogens is 1. The third-order valence-electron chi connectivity index (χ3n) is 10.3. The molecule has 0 bridgehead atoms. The van der Waals surface area contributed by atoms with Crippen LogP contribution in [0.1, 0.15) is 77.7 Å². The Hall–Kier alpha value is -5.65. The largest absolute Gasteiger partial charge is 0.496 e. The molecule has 6 amide bonds. The van der Waals surface area contributed by atoms with Gasteiger partial charge >= 0.3 is 0 Å². The first-order valence-electron chi connectivity index (χ1n) is 19.1. The van der Waals surface area contributed by atoms with E-state index in [1.54, 1.807) is 55.6 Å². The third kappa shape index (κ3) is 9.54. The summed E-state index contributed by atoms with van der Waals surface area (Å²) in [6, 6.07) is 9.28. The van der Waals surface area contributed by atoms with Crippen LogP contribution in [-0.2, 0) is 36.9 Å². The molecule has 1 unspecified atom stereocenters. The molecular weight excluding hydrogens is 770 g/mol. The molecule has 18 heteroatoms. The Bertz CT molecular complexity index is 2060. The number of amides is 6. The van der Waals surface area contributed by atoms with E-state index in [0.29, 0.717) is 84.7 Å². The molecule has 4 heterocycles. The number of carbonyl (C=O) groups excluding carboxylic acids is 6. The van der Waals surface area contributed by atoms with Crippen molar-refractivity contribution in [3.63, 3.8) is 0 Å². The van der Waals surface area contributed by atoms with Crippen molar-refractivity contribution in [3.05, 3.63) is 70.7 Å². The van der Waals surface area contributed by atoms with Gasteiger partial charge < -0.3 is 40.1 Å². The zero-order valence-corrected chi connectivity index (χ0v) is 34.1. The molecule has 58 heavy (non-hydrogen) atoms. The molecule has 0 spiro atoms. The molecule has 4 N–H and O–H groups in total. The van der Waals surface area contributed by atoms with Gasteiger partial charge in [0.25, 0.3) is 11.8 Å². The Morgan fingerprint density at radius 1 is 1.05 bits per heavy atom. The number of rotatable bonds is 16. The van der Waals surface area contributed by atoms with Gasteiger partial charge in [-0.2, -0.15) is 0 Å². The Morgan fingerprint density at radius 2 is 1.83 bits per heavy atom. The molecule has 2 aromatic carbocycles. The van der Waals surface area contributed by atoms with E-state index in [-0.39, 0.29) is 79.8 Å². The average molecular weight is 820 g/mol. The number of fused-ring (bicyclic) bond motifs is 2. The third-order valence-corrected chi connectivity index (χ3v) is 10.3. The zero-order chi connectivity index (χ0) is 40.8. The molecule has 0 aliphatic carbocycles. The van der Waals surface area contributed by atoms with E-state index >= 15 is 0 Å². The second kappa shape index (κ2) is 19.2. The summed E-state index contributed by atoms with van der Waals surface area (Å²) >= 11 is 0. The minimum Gasteiger partial charge on any atom is -0.496 e. The van der Waals surface area contributed by atoms with Crippen molar-refractivity contribution in [2.24, 2.45) is 0 Å². The van der Waals surface area contributed by atoms with Gasteiger partial charge in [-0.15, -0.1) is 12.4 Å². The lowest BCUT2D eigenvalue weighted by Gasteiger charge is -2.41. The van der Waals surface area contributed by atoms with E-state index < -0.39 is 11.9 Å². The number of piperidine rings is 1. The molecule has 310 valence electrons. The maximum Gasteiger partial charge on any atom is 0.255 e. The SMILES string of the molecule is COc1cc(C(=O)NCCOCCNCCC(=O)Nc2cccc3c2CN(C2CCC(=O)NC2=O)C3=O)ccc1Cc1ncc2c(n1)N(C(C)C)[C@H](C)C(=O)N2C.Cl. The van der Waals surface area contributed by atoms with Crippen LogP contribution in [0.4, 0.5) is 17.2 Å². The maximum absolute atomic E-state index is 13.0. The lowest BCUT2D eigenvalue weighted by molar-refractivity contribution is -0.137. The molecule has 1 fully saturated rings. The zero-order valence-electron chi connectivity index (χ0n) is 33.3. The normalized spacial score (nSPS) is 17.4. The molecular formula is C40H50ClN9O8. The quantitative estimate of drug-likeness (QED) is 0.121. The van der Waals surface area contributed by atoms with Gasteiger partial charge in [-0.25, -0.2) is 9.97 Å². The first-order valence-corrected chi connectivity index (χ1v) is 19.1. The number of hydrogen-bond donors (Lipinski definition) is 4. The number of carbonyl (C=O) groups is 6. The second-order valence-corrected chi connectivity index (χ2v) is 14.4. The second-order valence-electron chi connectivity index (χ2n) is 14.4. The van der Waals surface area contributed by atoms with Crippen molar-refractivity contribution >= 4 is 65.0 Å². The fourth-order valence-corrected chi connectivity index (χ4v) is 7.34. The summed E-state index contributed by atoms with van der Waals surface area (Å²) in [4.78, 5) is 89.8. The van der Waals surface area contributed by atoms with E-state index in [4.69, 9.17) is 14.5 Å². The van der Waals surface area contributed by atoms with Crippen molar-refractivity contribution in [2.45, 2.75) is 71.1 Å². The topological polar surface area (TPSA) is 204 Å². The van der Waals surface area contributed by atoms with Crippen molar-refractivity contribution in [3.8, 4) is 5.75 Å². The molecule has 2 atom stereocenters. The number of methoxy groups -OCH3 is 1. The van der Waals surface area contributed by atoms with Crippen molar-refractivity contribution in [1.82, 2.24) is 30.8 Å². The van der Waals surface area contributed by atoms with Crippen LogP contribution in [0.15, 0.2) is 42.6 Å². The lowest BCUT2D eigenvalue weighted by Crippen LogP contribution is -2.53. The molecule has 1 aromatic heterocycles. The first-order chi connectivity index (χ1) is 27.4. The van der Waals surface area contributed by atoms with E-state index in [9.17, 15) is 28.8 Å². The highest BCUT2D eigenvalue weighted by molar-refractivity contribution is 6.07. The number of hydrogen-bond acceptors (Lipinski definition) is 12. The number of aromatic nitrogens is 2. The number of nitrogens with zero attached hydrogens (tertiary/aromatic N) is 5. The predicted molar refractivity (Wildman–Crippen MR) is 217 cm³/mol. The van der Waals surface area contributed by atoms with E-state index in [0.717, 1.165) is 5.56 Å². The van der Waals surface area contributed by atoms with E-state index in [1.807, 2.05) is 31.7 Å². The van der Waals surface area contributed by atoms with Crippen LogP contribution in [0, 0.1) is 0 Å². The van der Waals surface area contributed by atoms with Gasteiger partial charge in [0.15, 0.2) is 5.82 Å².